The van der Waals surface area contributed by atoms with Crippen molar-refractivity contribution in [2.75, 3.05) is 6.61 Å². The van der Waals surface area contributed by atoms with Crippen LogP contribution in [0.5, 0.6) is 0 Å². The first-order valence-corrected chi connectivity index (χ1v) is 5.86. The van der Waals surface area contributed by atoms with Crippen LogP contribution in [0.1, 0.15) is 23.2 Å². The molecule has 0 spiro atoms. The molecule has 86 valence electrons. The Labute approximate surface area is 99.4 Å². The molecule has 3 nitrogen and oxygen atoms in total. The minimum atomic E-state index is -0.275. The number of para-hydroxylation sites is 1. The molecule has 1 aliphatic rings. The van der Waals surface area contributed by atoms with Crippen LogP contribution in [0.3, 0.4) is 0 Å². The molecule has 3 rings (SSSR count). The summed E-state index contributed by atoms with van der Waals surface area (Å²) < 4.78 is 5.44. The second-order valence-corrected chi connectivity index (χ2v) is 4.25. The first-order chi connectivity index (χ1) is 8.36. The molecule has 1 aromatic heterocycles. The van der Waals surface area contributed by atoms with Crippen molar-refractivity contribution in [3.63, 3.8) is 0 Å². The zero-order valence-corrected chi connectivity index (χ0v) is 9.43. The molecule has 3 heteroatoms. The topological polar surface area (TPSA) is 39.2 Å². The number of fused-ring (bicyclic) bond motifs is 1. The van der Waals surface area contributed by atoms with E-state index in [0.717, 1.165) is 23.7 Å². The molecule has 0 radical (unpaired) electrons. The molecule has 1 saturated heterocycles. The molecule has 0 amide bonds. The minimum absolute atomic E-state index is 0.0619. The number of pyridine rings is 1. The first kappa shape index (κ1) is 10.4. The fourth-order valence-corrected chi connectivity index (χ4v) is 2.26. The summed E-state index contributed by atoms with van der Waals surface area (Å²) in [6, 6.07) is 9.54. The number of carbonyl (C=O) groups is 1. The highest BCUT2D eigenvalue weighted by Gasteiger charge is 2.26. The molecule has 1 atom stereocenters. The lowest BCUT2D eigenvalue weighted by Crippen LogP contribution is -2.19. The summed E-state index contributed by atoms with van der Waals surface area (Å²) in [5.74, 6) is 0.0619. The third-order valence-electron chi connectivity index (χ3n) is 3.12. The maximum atomic E-state index is 12.3. The summed E-state index contributed by atoms with van der Waals surface area (Å²) in [4.78, 5) is 16.6. The molecule has 1 aromatic carbocycles. The van der Waals surface area contributed by atoms with Crippen LogP contribution < -0.4 is 0 Å². The van der Waals surface area contributed by atoms with E-state index < -0.39 is 0 Å². The Kier molecular flexibility index (Phi) is 2.61. The summed E-state index contributed by atoms with van der Waals surface area (Å²) >= 11 is 0. The van der Waals surface area contributed by atoms with Crippen LogP contribution in [0.25, 0.3) is 10.9 Å². The van der Waals surface area contributed by atoms with Crippen molar-refractivity contribution in [2.24, 2.45) is 0 Å². The van der Waals surface area contributed by atoms with Crippen LogP contribution >= 0.6 is 0 Å². The Morgan fingerprint density at radius 2 is 2.18 bits per heavy atom. The van der Waals surface area contributed by atoms with E-state index in [0.29, 0.717) is 12.2 Å². The predicted octanol–water partition coefficient (Wildman–Crippen LogP) is 2.60. The summed E-state index contributed by atoms with van der Waals surface area (Å²) in [7, 11) is 0. The average molecular weight is 227 g/mol. The third-order valence-corrected chi connectivity index (χ3v) is 3.12. The van der Waals surface area contributed by atoms with E-state index in [-0.39, 0.29) is 11.9 Å². The van der Waals surface area contributed by atoms with Gasteiger partial charge in [-0.15, -0.1) is 0 Å². The Morgan fingerprint density at radius 3 is 3.00 bits per heavy atom. The molecule has 0 aliphatic carbocycles. The summed E-state index contributed by atoms with van der Waals surface area (Å²) in [5, 5.41) is 0.997. The summed E-state index contributed by atoms with van der Waals surface area (Å²) in [6.45, 7) is 0.689. The maximum absolute atomic E-state index is 12.3. The molecule has 1 unspecified atom stereocenters. The van der Waals surface area contributed by atoms with E-state index in [4.69, 9.17) is 4.74 Å². The molecule has 1 aliphatic heterocycles. The van der Waals surface area contributed by atoms with Gasteiger partial charge in [0.1, 0.15) is 6.10 Å². The van der Waals surface area contributed by atoms with Gasteiger partial charge in [0, 0.05) is 23.8 Å². The van der Waals surface area contributed by atoms with E-state index in [1.165, 1.54) is 0 Å². The lowest BCUT2D eigenvalue weighted by molar-refractivity contribution is 0.0644. The fourth-order valence-electron chi connectivity index (χ4n) is 2.26. The molecular weight excluding hydrogens is 214 g/mol. The second-order valence-electron chi connectivity index (χ2n) is 4.25. The molecule has 1 fully saturated rings. The SMILES string of the molecule is O=C(c1cccc2cccnc12)C1CCCO1. The monoisotopic (exact) mass is 227 g/mol. The Bertz CT molecular complexity index is 554. The van der Waals surface area contributed by atoms with Crippen molar-refractivity contribution in [3.8, 4) is 0 Å². The van der Waals surface area contributed by atoms with Crippen molar-refractivity contribution in [2.45, 2.75) is 18.9 Å². The van der Waals surface area contributed by atoms with Gasteiger partial charge < -0.3 is 4.74 Å². The van der Waals surface area contributed by atoms with Crippen LogP contribution in [0.4, 0.5) is 0 Å². The third kappa shape index (κ3) is 1.83. The van der Waals surface area contributed by atoms with Gasteiger partial charge >= 0.3 is 0 Å². The molecular formula is C14H13NO2. The number of carbonyl (C=O) groups excluding carboxylic acids is 1. The van der Waals surface area contributed by atoms with Crippen molar-refractivity contribution in [3.05, 3.63) is 42.1 Å². The van der Waals surface area contributed by atoms with Gasteiger partial charge in [-0.1, -0.05) is 18.2 Å². The van der Waals surface area contributed by atoms with Gasteiger partial charge in [0.05, 0.1) is 5.52 Å². The van der Waals surface area contributed by atoms with E-state index in [9.17, 15) is 4.79 Å². The number of hydrogen-bond donors (Lipinski definition) is 0. The highest BCUT2D eigenvalue weighted by Crippen LogP contribution is 2.22. The van der Waals surface area contributed by atoms with E-state index >= 15 is 0 Å². The van der Waals surface area contributed by atoms with Crippen molar-refractivity contribution in [1.29, 1.82) is 0 Å². The summed E-state index contributed by atoms with van der Waals surface area (Å²) in [5.41, 5.74) is 1.45. The van der Waals surface area contributed by atoms with E-state index in [2.05, 4.69) is 4.98 Å². The second kappa shape index (κ2) is 4.26. The number of aromatic nitrogens is 1. The average Bonchev–Trinajstić information content (AvgIpc) is 2.91. The van der Waals surface area contributed by atoms with E-state index in [1.54, 1.807) is 6.20 Å². The summed E-state index contributed by atoms with van der Waals surface area (Å²) in [6.07, 6.45) is 3.23. The van der Waals surface area contributed by atoms with Crippen LogP contribution in [0.2, 0.25) is 0 Å². The van der Waals surface area contributed by atoms with E-state index in [1.807, 2.05) is 30.3 Å². The lowest BCUT2D eigenvalue weighted by Gasteiger charge is -2.09. The Hall–Kier alpha value is -1.74. The Morgan fingerprint density at radius 1 is 1.29 bits per heavy atom. The van der Waals surface area contributed by atoms with Crippen LogP contribution in [0.15, 0.2) is 36.5 Å². The molecule has 0 bridgehead atoms. The first-order valence-electron chi connectivity index (χ1n) is 5.86. The highest BCUT2D eigenvalue weighted by molar-refractivity contribution is 6.08. The smallest absolute Gasteiger partial charge is 0.193 e. The van der Waals surface area contributed by atoms with Crippen LogP contribution in [-0.2, 0) is 4.74 Å². The molecule has 17 heavy (non-hydrogen) atoms. The van der Waals surface area contributed by atoms with Crippen LogP contribution in [0, 0.1) is 0 Å². The number of rotatable bonds is 2. The normalized spacial score (nSPS) is 19.6. The Balaban J connectivity index is 2.07. The fraction of sp³-hybridized carbons (Fsp3) is 0.286. The van der Waals surface area contributed by atoms with Gasteiger partial charge in [-0.05, 0) is 25.0 Å². The number of benzene rings is 1. The molecule has 2 heterocycles. The number of nitrogens with zero attached hydrogens (tertiary/aromatic N) is 1. The zero-order valence-electron chi connectivity index (χ0n) is 9.43. The van der Waals surface area contributed by atoms with Gasteiger partial charge in [0.2, 0.25) is 0 Å². The van der Waals surface area contributed by atoms with Crippen molar-refractivity contribution >= 4 is 16.7 Å². The van der Waals surface area contributed by atoms with Gasteiger partial charge in [0.15, 0.2) is 5.78 Å². The van der Waals surface area contributed by atoms with Crippen molar-refractivity contribution < 1.29 is 9.53 Å². The lowest BCUT2D eigenvalue weighted by atomic mass is 10.0. The zero-order chi connectivity index (χ0) is 11.7. The quantitative estimate of drug-likeness (QED) is 0.740. The van der Waals surface area contributed by atoms with Crippen molar-refractivity contribution in [1.82, 2.24) is 4.98 Å². The van der Waals surface area contributed by atoms with Gasteiger partial charge in [-0.2, -0.15) is 0 Å². The van der Waals surface area contributed by atoms with Gasteiger partial charge in [-0.25, -0.2) is 0 Å². The molecule has 0 saturated carbocycles. The standard InChI is InChI=1S/C14H13NO2/c16-14(12-7-3-9-17-12)11-6-1-4-10-5-2-8-15-13(10)11/h1-2,4-6,8,12H,3,7,9H2. The van der Waals surface area contributed by atoms with Gasteiger partial charge in [0.25, 0.3) is 0 Å². The maximum Gasteiger partial charge on any atom is 0.193 e. The number of hydrogen-bond acceptors (Lipinski definition) is 3. The van der Waals surface area contributed by atoms with Gasteiger partial charge in [-0.3, -0.25) is 9.78 Å². The largest absolute Gasteiger partial charge is 0.370 e. The highest BCUT2D eigenvalue weighted by atomic mass is 16.5. The molecule has 0 N–H and O–H groups in total. The van der Waals surface area contributed by atoms with Crippen LogP contribution in [-0.4, -0.2) is 23.5 Å². The minimum Gasteiger partial charge on any atom is -0.370 e. The number of ether oxygens (including phenoxy) is 1. The molecule has 2 aromatic rings. The number of ketones is 1. The predicted molar refractivity (Wildman–Crippen MR) is 65.0 cm³/mol. The number of Topliss-reactive ketones (excluding diaryl/α,β-unsaturated/α-hetero) is 1.